The zero-order valence-electron chi connectivity index (χ0n) is 11.6. The van der Waals surface area contributed by atoms with Crippen LogP contribution in [0.5, 0.6) is 5.75 Å². The molecule has 0 saturated carbocycles. The van der Waals surface area contributed by atoms with Crippen LogP contribution in [0.4, 0.5) is 0 Å². The van der Waals surface area contributed by atoms with Crippen LogP contribution in [-0.2, 0) is 4.74 Å². The van der Waals surface area contributed by atoms with E-state index in [1.165, 1.54) is 5.56 Å². The summed E-state index contributed by atoms with van der Waals surface area (Å²) >= 11 is 0. The number of morpholine rings is 1. The van der Waals surface area contributed by atoms with Crippen LogP contribution in [0.2, 0.25) is 0 Å². The molecule has 1 fully saturated rings. The van der Waals surface area contributed by atoms with Gasteiger partial charge in [0.25, 0.3) is 0 Å². The molecule has 1 aliphatic rings. The highest BCUT2D eigenvalue weighted by Gasteiger charge is 2.22. The Morgan fingerprint density at radius 3 is 3.00 bits per heavy atom. The topological polar surface area (TPSA) is 21.7 Å². The minimum atomic E-state index is 0.182. The van der Waals surface area contributed by atoms with Crippen LogP contribution in [0.25, 0.3) is 0 Å². The van der Waals surface area contributed by atoms with Gasteiger partial charge in [0, 0.05) is 19.1 Å². The second-order valence-corrected chi connectivity index (χ2v) is 5.21. The minimum absolute atomic E-state index is 0.182. The van der Waals surface area contributed by atoms with Gasteiger partial charge in [-0.1, -0.05) is 12.1 Å². The summed E-state index contributed by atoms with van der Waals surface area (Å²) in [6.45, 7) is 9.95. The van der Waals surface area contributed by atoms with E-state index in [1.54, 1.807) is 0 Å². The lowest BCUT2D eigenvalue weighted by molar-refractivity contribution is -0.0564. The fourth-order valence-electron chi connectivity index (χ4n) is 2.21. The Morgan fingerprint density at radius 2 is 2.28 bits per heavy atom. The first-order valence-electron chi connectivity index (χ1n) is 6.70. The van der Waals surface area contributed by atoms with Crippen molar-refractivity contribution in [3.63, 3.8) is 0 Å². The number of benzene rings is 1. The molecule has 0 N–H and O–H groups in total. The Labute approximate surface area is 110 Å². The van der Waals surface area contributed by atoms with Crippen molar-refractivity contribution < 1.29 is 9.47 Å². The molecule has 1 saturated heterocycles. The standard InChI is InChI=1S/C15H23NO2/c1-12(2)16-7-8-17-15(10-16)11-18-14-6-4-5-13(3)9-14/h4-6,9,12,15H,7-8,10-11H2,1-3H3. The average molecular weight is 249 g/mol. The highest BCUT2D eigenvalue weighted by molar-refractivity contribution is 5.27. The summed E-state index contributed by atoms with van der Waals surface area (Å²) in [5, 5.41) is 0. The van der Waals surface area contributed by atoms with Crippen LogP contribution in [0.15, 0.2) is 24.3 Å². The fraction of sp³-hybridized carbons (Fsp3) is 0.600. The zero-order chi connectivity index (χ0) is 13.0. The van der Waals surface area contributed by atoms with E-state index >= 15 is 0 Å². The quantitative estimate of drug-likeness (QED) is 0.818. The molecule has 1 heterocycles. The Bertz CT molecular complexity index is 379. The molecule has 0 amide bonds. The molecule has 1 unspecified atom stereocenters. The third-order valence-corrected chi connectivity index (χ3v) is 3.33. The van der Waals surface area contributed by atoms with Gasteiger partial charge in [0.1, 0.15) is 18.5 Å². The van der Waals surface area contributed by atoms with Gasteiger partial charge >= 0.3 is 0 Å². The molecule has 0 aliphatic carbocycles. The molecular weight excluding hydrogens is 226 g/mol. The number of ether oxygens (including phenoxy) is 2. The summed E-state index contributed by atoms with van der Waals surface area (Å²) in [6, 6.07) is 8.73. The van der Waals surface area contributed by atoms with Crippen LogP contribution in [-0.4, -0.2) is 43.3 Å². The van der Waals surface area contributed by atoms with E-state index in [4.69, 9.17) is 9.47 Å². The smallest absolute Gasteiger partial charge is 0.119 e. The van der Waals surface area contributed by atoms with Gasteiger partial charge in [-0.25, -0.2) is 0 Å². The second-order valence-electron chi connectivity index (χ2n) is 5.21. The monoisotopic (exact) mass is 249 g/mol. The van der Waals surface area contributed by atoms with Crippen molar-refractivity contribution >= 4 is 0 Å². The van der Waals surface area contributed by atoms with E-state index in [0.717, 1.165) is 25.4 Å². The highest BCUT2D eigenvalue weighted by Crippen LogP contribution is 2.14. The first-order chi connectivity index (χ1) is 8.65. The second kappa shape index (κ2) is 6.21. The Hall–Kier alpha value is -1.06. The number of hydrogen-bond donors (Lipinski definition) is 0. The lowest BCUT2D eigenvalue weighted by atomic mass is 10.2. The molecule has 0 radical (unpaired) electrons. The number of nitrogens with zero attached hydrogens (tertiary/aromatic N) is 1. The molecule has 3 heteroatoms. The van der Waals surface area contributed by atoms with Crippen LogP contribution >= 0.6 is 0 Å². The highest BCUT2D eigenvalue weighted by atomic mass is 16.5. The summed E-state index contributed by atoms with van der Waals surface area (Å²) in [4.78, 5) is 2.44. The van der Waals surface area contributed by atoms with Gasteiger partial charge < -0.3 is 9.47 Å². The number of hydrogen-bond acceptors (Lipinski definition) is 3. The maximum absolute atomic E-state index is 5.80. The molecule has 1 atom stereocenters. The van der Waals surface area contributed by atoms with E-state index < -0.39 is 0 Å². The number of aryl methyl sites for hydroxylation is 1. The third-order valence-electron chi connectivity index (χ3n) is 3.33. The molecule has 0 spiro atoms. The van der Waals surface area contributed by atoms with E-state index in [2.05, 4.69) is 37.8 Å². The predicted octanol–water partition coefficient (Wildman–Crippen LogP) is 2.48. The summed E-state index contributed by atoms with van der Waals surface area (Å²) in [5.74, 6) is 0.931. The average Bonchev–Trinajstić information content (AvgIpc) is 2.37. The number of rotatable bonds is 4. The molecule has 18 heavy (non-hydrogen) atoms. The first-order valence-corrected chi connectivity index (χ1v) is 6.70. The normalized spacial score (nSPS) is 21.2. The maximum atomic E-state index is 5.80. The van der Waals surface area contributed by atoms with E-state index in [-0.39, 0.29) is 6.10 Å². The SMILES string of the molecule is Cc1cccc(OCC2CN(C(C)C)CCO2)c1. The van der Waals surface area contributed by atoms with Crippen molar-refractivity contribution in [1.82, 2.24) is 4.90 Å². The molecule has 2 rings (SSSR count). The molecule has 3 nitrogen and oxygen atoms in total. The van der Waals surface area contributed by atoms with Gasteiger partial charge in [-0.3, -0.25) is 4.90 Å². The van der Waals surface area contributed by atoms with Gasteiger partial charge in [0.15, 0.2) is 0 Å². The van der Waals surface area contributed by atoms with Gasteiger partial charge in [0.2, 0.25) is 0 Å². The zero-order valence-corrected chi connectivity index (χ0v) is 11.6. The van der Waals surface area contributed by atoms with Gasteiger partial charge in [-0.15, -0.1) is 0 Å². The van der Waals surface area contributed by atoms with Gasteiger partial charge in [-0.2, -0.15) is 0 Å². The Kier molecular flexibility index (Phi) is 4.61. The minimum Gasteiger partial charge on any atom is -0.491 e. The van der Waals surface area contributed by atoms with E-state index in [0.29, 0.717) is 12.6 Å². The van der Waals surface area contributed by atoms with Crippen LogP contribution in [0.3, 0.4) is 0 Å². The van der Waals surface area contributed by atoms with Crippen molar-refractivity contribution in [3.05, 3.63) is 29.8 Å². The van der Waals surface area contributed by atoms with Crippen molar-refractivity contribution in [2.75, 3.05) is 26.3 Å². The summed E-state index contributed by atoms with van der Waals surface area (Å²) in [7, 11) is 0. The van der Waals surface area contributed by atoms with Gasteiger partial charge in [0.05, 0.1) is 6.61 Å². The van der Waals surface area contributed by atoms with Crippen LogP contribution in [0, 0.1) is 6.92 Å². The lowest BCUT2D eigenvalue weighted by Gasteiger charge is -2.35. The fourth-order valence-corrected chi connectivity index (χ4v) is 2.21. The third kappa shape index (κ3) is 3.72. The Balaban J connectivity index is 1.83. The predicted molar refractivity (Wildman–Crippen MR) is 73.1 cm³/mol. The van der Waals surface area contributed by atoms with Crippen molar-refractivity contribution in [1.29, 1.82) is 0 Å². The lowest BCUT2D eigenvalue weighted by Crippen LogP contribution is -2.47. The molecule has 1 aliphatic heterocycles. The largest absolute Gasteiger partial charge is 0.491 e. The summed E-state index contributed by atoms with van der Waals surface area (Å²) in [6.07, 6.45) is 0.182. The summed E-state index contributed by atoms with van der Waals surface area (Å²) in [5.41, 5.74) is 1.22. The molecule has 0 aromatic heterocycles. The molecule has 0 bridgehead atoms. The molecule has 1 aromatic rings. The maximum Gasteiger partial charge on any atom is 0.119 e. The first kappa shape index (κ1) is 13.4. The van der Waals surface area contributed by atoms with Crippen LogP contribution < -0.4 is 4.74 Å². The van der Waals surface area contributed by atoms with Crippen molar-refractivity contribution in [3.8, 4) is 5.75 Å². The van der Waals surface area contributed by atoms with Gasteiger partial charge in [-0.05, 0) is 38.5 Å². The Morgan fingerprint density at radius 1 is 1.44 bits per heavy atom. The summed E-state index contributed by atoms with van der Waals surface area (Å²) < 4.78 is 11.5. The van der Waals surface area contributed by atoms with Crippen molar-refractivity contribution in [2.24, 2.45) is 0 Å². The van der Waals surface area contributed by atoms with E-state index in [1.807, 2.05) is 12.1 Å². The van der Waals surface area contributed by atoms with Crippen LogP contribution in [0.1, 0.15) is 19.4 Å². The molecule has 1 aromatic carbocycles. The molecular formula is C15H23NO2. The van der Waals surface area contributed by atoms with Crippen molar-refractivity contribution in [2.45, 2.75) is 32.9 Å². The van der Waals surface area contributed by atoms with E-state index in [9.17, 15) is 0 Å². The molecule has 100 valence electrons.